The molecular weight excluding hydrogens is 220 g/mol. The quantitative estimate of drug-likeness (QED) is 0.644. The summed E-state index contributed by atoms with van der Waals surface area (Å²) >= 11 is 7.29. The molecule has 0 fully saturated rings. The minimum absolute atomic E-state index is 0.515. The van der Waals surface area contributed by atoms with Gasteiger partial charge in [-0.3, -0.25) is 5.10 Å². The lowest BCUT2D eigenvalue weighted by Gasteiger charge is -1.97. The van der Waals surface area contributed by atoms with Crippen LogP contribution in [0, 0.1) is 0 Å². The first-order chi connectivity index (χ1) is 6.84. The van der Waals surface area contributed by atoms with Gasteiger partial charge in [0.15, 0.2) is 5.16 Å². The number of rotatable bonds is 3. The van der Waals surface area contributed by atoms with Crippen molar-refractivity contribution >= 4 is 23.4 Å². The zero-order valence-electron chi connectivity index (χ0n) is 7.14. The largest absolute Gasteiger partial charge is 0.254 e. The molecule has 0 unspecified atom stereocenters. The van der Waals surface area contributed by atoms with E-state index in [0.717, 1.165) is 16.6 Å². The van der Waals surface area contributed by atoms with Crippen molar-refractivity contribution in [2.45, 2.75) is 10.9 Å². The first kappa shape index (κ1) is 9.48. The van der Waals surface area contributed by atoms with E-state index in [0.29, 0.717) is 5.15 Å². The summed E-state index contributed by atoms with van der Waals surface area (Å²) in [4.78, 5) is 8.14. The van der Waals surface area contributed by atoms with E-state index >= 15 is 0 Å². The lowest BCUT2D eigenvalue weighted by Crippen LogP contribution is -1.86. The molecule has 6 heteroatoms. The fourth-order valence-corrected chi connectivity index (χ4v) is 1.80. The maximum atomic E-state index is 5.75. The van der Waals surface area contributed by atoms with Crippen LogP contribution in [0.5, 0.6) is 0 Å². The second kappa shape index (κ2) is 4.43. The molecule has 2 rings (SSSR count). The Morgan fingerprint density at radius 2 is 2.36 bits per heavy atom. The lowest BCUT2D eigenvalue weighted by atomic mass is 10.4. The van der Waals surface area contributed by atoms with Crippen LogP contribution in [0.25, 0.3) is 0 Å². The van der Waals surface area contributed by atoms with Crippen molar-refractivity contribution < 1.29 is 0 Å². The normalized spacial score (nSPS) is 10.4. The van der Waals surface area contributed by atoms with Crippen molar-refractivity contribution in [1.82, 2.24) is 20.2 Å². The molecule has 2 aromatic rings. The van der Waals surface area contributed by atoms with Crippen molar-refractivity contribution in [3.8, 4) is 0 Å². The Labute approximate surface area is 90.1 Å². The fraction of sp³-hybridized carbons (Fsp3) is 0.125. The van der Waals surface area contributed by atoms with Crippen LogP contribution >= 0.6 is 23.4 Å². The summed E-state index contributed by atoms with van der Waals surface area (Å²) in [5.41, 5.74) is 0.930. The Balaban J connectivity index is 1.98. The molecule has 0 spiro atoms. The van der Waals surface area contributed by atoms with Gasteiger partial charge in [0, 0.05) is 5.75 Å². The topological polar surface area (TPSA) is 54.5 Å². The molecule has 0 radical (unpaired) electrons. The predicted molar refractivity (Wildman–Crippen MR) is 55.2 cm³/mol. The van der Waals surface area contributed by atoms with Gasteiger partial charge in [-0.2, -0.15) is 5.10 Å². The summed E-state index contributed by atoms with van der Waals surface area (Å²) < 4.78 is 0. The minimum atomic E-state index is 0.515. The summed E-state index contributed by atoms with van der Waals surface area (Å²) in [6.45, 7) is 0. The number of thioether (sulfide) groups is 1. The number of nitrogens with one attached hydrogen (secondary N) is 1. The van der Waals surface area contributed by atoms with Gasteiger partial charge < -0.3 is 0 Å². The van der Waals surface area contributed by atoms with Gasteiger partial charge in [0.05, 0.1) is 5.69 Å². The summed E-state index contributed by atoms with van der Waals surface area (Å²) in [5, 5.41) is 7.81. The SMILES string of the molecule is Clc1cccc(CSc2ncn[nH]2)n1. The number of nitrogens with zero attached hydrogens (tertiary/aromatic N) is 3. The van der Waals surface area contributed by atoms with E-state index in [4.69, 9.17) is 11.6 Å². The zero-order chi connectivity index (χ0) is 9.80. The highest BCUT2D eigenvalue weighted by Crippen LogP contribution is 2.17. The third-order valence-electron chi connectivity index (χ3n) is 1.52. The second-order valence-electron chi connectivity index (χ2n) is 2.53. The average Bonchev–Trinajstić information content (AvgIpc) is 2.67. The van der Waals surface area contributed by atoms with E-state index in [2.05, 4.69) is 20.2 Å². The molecule has 0 aromatic carbocycles. The van der Waals surface area contributed by atoms with Crippen molar-refractivity contribution in [2.75, 3.05) is 0 Å². The maximum Gasteiger partial charge on any atom is 0.183 e. The predicted octanol–water partition coefficient (Wildman–Crippen LogP) is 2.15. The molecule has 0 saturated heterocycles. The van der Waals surface area contributed by atoms with Gasteiger partial charge in [-0.05, 0) is 12.1 Å². The third-order valence-corrected chi connectivity index (χ3v) is 2.64. The molecule has 2 aromatic heterocycles. The molecule has 72 valence electrons. The number of pyridine rings is 1. The van der Waals surface area contributed by atoms with E-state index < -0.39 is 0 Å². The minimum Gasteiger partial charge on any atom is -0.254 e. The van der Waals surface area contributed by atoms with E-state index in [1.807, 2.05) is 12.1 Å². The van der Waals surface area contributed by atoms with Crippen LogP contribution in [-0.2, 0) is 5.75 Å². The van der Waals surface area contributed by atoms with Crippen LogP contribution < -0.4 is 0 Å². The van der Waals surface area contributed by atoms with Gasteiger partial charge in [-0.1, -0.05) is 29.4 Å². The van der Waals surface area contributed by atoms with Gasteiger partial charge in [0.25, 0.3) is 0 Å². The summed E-state index contributed by atoms with van der Waals surface area (Å²) in [6, 6.07) is 5.56. The highest BCUT2D eigenvalue weighted by molar-refractivity contribution is 7.98. The molecule has 1 N–H and O–H groups in total. The summed E-state index contributed by atoms with van der Waals surface area (Å²) in [6.07, 6.45) is 1.48. The highest BCUT2D eigenvalue weighted by Gasteiger charge is 1.99. The Hall–Kier alpha value is -1.07. The molecule has 0 bridgehead atoms. The number of hydrogen-bond acceptors (Lipinski definition) is 4. The monoisotopic (exact) mass is 226 g/mol. The van der Waals surface area contributed by atoms with Crippen LogP contribution in [0.4, 0.5) is 0 Å². The van der Waals surface area contributed by atoms with Crippen molar-refractivity contribution in [3.63, 3.8) is 0 Å². The number of hydrogen-bond donors (Lipinski definition) is 1. The van der Waals surface area contributed by atoms with Crippen molar-refractivity contribution in [1.29, 1.82) is 0 Å². The molecule has 4 nitrogen and oxygen atoms in total. The number of H-pyrrole nitrogens is 1. The Morgan fingerprint density at radius 1 is 1.43 bits per heavy atom. The van der Waals surface area contributed by atoms with Crippen molar-refractivity contribution in [3.05, 3.63) is 35.4 Å². The van der Waals surface area contributed by atoms with Crippen LogP contribution in [0.1, 0.15) is 5.69 Å². The van der Waals surface area contributed by atoms with Crippen LogP contribution in [-0.4, -0.2) is 20.2 Å². The van der Waals surface area contributed by atoms with Gasteiger partial charge in [-0.15, -0.1) is 0 Å². The van der Waals surface area contributed by atoms with E-state index in [9.17, 15) is 0 Å². The van der Waals surface area contributed by atoms with Crippen LogP contribution in [0.3, 0.4) is 0 Å². The van der Waals surface area contributed by atoms with Gasteiger partial charge in [-0.25, -0.2) is 9.97 Å². The first-order valence-corrected chi connectivity index (χ1v) is 5.30. The third kappa shape index (κ3) is 2.46. The van der Waals surface area contributed by atoms with Gasteiger partial charge in [0.2, 0.25) is 0 Å². The van der Waals surface area contributed by atoms with Crippen LogP contribution in [0.15, 0.2) is 29.7 Å². The molecule has 0 aliphatic carbocycles. The number of aromatic amines is 1. The second-order valence-corrected chi connectivity index (χ2v) is 3.88. The first-order valence-electron chi connectivity index (χ1n) is 3.94. The number of aromatic nitrogens is 4. The van der Waals surface area contributed by atoms with Gasteiger partial charge >= 0.3 is 0 Å². The molecule has 0 amide bonds. The van der Waals surface area contributed by atoms with E-state index in [1.165, 1.54) is 18.1 Å². The average molecular weight is 227 g/mol. The molecular formula is C8H7ClN4S. The van der Waals surface area contributed by atoms with E-state index in [-0.39, 0.29) is 0 Å². The standard InChI is InChI=1S/C8H7ClN4S/c9-7-3-1-2-6(12-7)4-14-8-10-5-11-13-8/h1-3,5H,4H2,(H,10,11,13). The number of halogens is 1. The Morgan fingerprint density at radius 3 is 3.07 bits per heavy atom. The highest BCUT2D eigenvalue weighted by atomic mass is 35.5. The fourth-order valence-electron chi connectivity index (χ4n) is 0.937. The Bertz CT molecular complexity index is 403. The van der Waals surface area contributed by atoms with E-state index in [1.54, 1.807) is 6.07 Å². The molecule has 0 atom stereocenters. The molecule has 0 aliphatic heterocycles. The molecule has 14 heavy (non-hydrogen) atoms. The lowest BCUT2D eigenvalue weighted by molar-refractivity contribution is 0.971. The maximum absolute atomic E-state index is 5.75. The van der Waals surface area contributed by atoms with Crippen molar-refractivity contribution in [2.24, 2.45) is 0 Å². The summed E-state index contributed by atoms with van der Waals surface area (Å²) in [7, 11) is 0. The zero-order valence-corrected chi connectivity index (χ0v) is 8.72. The smallest absolute Gasteiger partial charge is 0.183 e. The van der Waals surface area contributed by atoms with Gasteiger partial charge in [0.1, 0.15) is 11.5 Å². The summed E-state index contributed by atoms with van der Waals surface area (Å²) in [5.74, 6) is 0.732. The molecule has 2 heterocycles. The Kier molecular flexibility index (Phi) is 3.00. The van der Waals surface area contributed by atoms with Crippen LogP contribution in [0.2, 0.25) is 5.15 Å². The molecule has 0 aliphatic rings. The molecule has 0 saturated carbocycles.